The Bertz CT molecular complexity index is 611. The number of nitro groups is 1. The van der Waals surface area contributed by atoms with Crippen molar-refractivity contribution in [2.75, 3.05) is 6.61 Å². The first-order valence-corrected chi connectivity index (χ1v) is 5.97. The molecule has 1 heterocycles. The second-order valence-corrected chi connectivity index (χ2v) is 4.02. The van der Waals surface area contributed by atoms with Crippen LogP contribution < -0.4 is 4.74 Å². The van der Waals surface area contributed by atoms with Crippen LogP contribution in [0.1, 0.15) is 16.1 Å². The number of pyridine rings is 1. The van der Waals surface area contributed by atoms with E-state index in [1.54, 1.807) is 30.3 Å². The summed E-state index contributed by atoms with van der Waals surface area (Å²) < 4.78 is 5.44. The molecule has 1 aromatic heterocycles. The number of ether oxygens (including phenoxy) is 1. The van der Waals surface area contributed by atoms with Crippen LogP contribution in [0, 0.1) is 10.1 Å². The number of rotatable bonds is 6. The average Bonchev–Trinajstić information content (AvgIpc) is 2.48. The minimum atomic E-state index is -0.407. The summed E-state index contributed by atoms with van der Waals surface area (Å²) in [6.07, 6.45) is 2.52. The van der Waals surface area contributed by atoms with E-state index >= 15 is 0 Å². The van der Waals surface area contributed by atoms with Crippen molar-refractivity contribution >= 4 is 12.0 Å². The van der Waals surface area contributed by atoms with Gasteiger partial charge in [-0.25, -0.2) is 4.98 Å². The lowest BCUT2D eigenvalue weighted by Crippen LogP contribution is -2.04. The quantitative estimate of drug-likeness (QED) is 0.458. The Balaban J connectivity index is 1.95. The molecule has 0 spiro atoms. The lowest BCUT2D eigenvalue weighted by molar-refractivity contribution is -0.385. The summed E-state index contributed by atoms with van der Waals surface area (Å²) in [5, 5.41) is 10.8. The minimum absolute atomic E-state index is 0.0885. The van der Waals surface area contributed by atoms with E-state index in [1.807, 2.05) is 0 Å². The molecule has 0 atom stereocenters. The van der Waals surface area contributed by atoms with E-state index in [0.29, 0.717) is 36.3 Å². The van der Waals surface area contributed by atoms with Crippen LogP contribution in [-0.4, -0.2) is 22.8 Å². The Morgan fingerprint density at radius 2 is 2.05 bits per heavy atom. The zero-order chi connectivity index (χ0) is 14.4. The first-order valence-electron chi connectivity index (χ1n) is 5.97. The predicted octanol–water partition coefficient (Wildman–Crippen LogP) is 2.42. The van der Waals surface area contributed by atoms with Gasteiger partial charge in [0.2, 0.25) is 0 Å². The van der Waals surface area contributed by atoms with Crippen LogP contribution in [0.3, 0.4) is 0 Å². The van der Waals surface area contributed by atoms with Gasteiger partial charge in [-0.1, -0.05) is 18.2 Å². The fourth-order valence-electron chi connectivity index (χ4n) is 1.73. The zero-order valence-electron chi connectivity index (χ0n) is 10.6. The lowest BCUT2D eigenvalue weighted by atomic mass is 10.1. The number of para-hydroxylation sites is 1. The molecule has 0 unspecified atom stereocenters. The number of nitrogens with zero attached hydrogens (tertiary/aromatic N) is 2. The largest absolute Gasteiger partial charge is 0.492 e. The molecule has 0 aliphatic carbocycles. The third-order valence-corrected chi connectivity index (χ3v) is 2.71. The monoisotopic (exact) mass is 272 g/mol. The van der Waals surface area contributed by atoms with Gasteiger partial charge in [0.25, 0.3) is 5.69 Å². The summed E-state index contributed by atoms with van der Waals surface area (Å²) >= 11 is 0. The zero-order valence-corrected chi connectivity index (χ0v) is 10.6. The summed E-state index contributed by atoms with van der Waals surface area (Å²) in [4.78, 5) is 24.8. The molecule has 2 aromatic rings. The van der Waals surface area contributed by atoms with Gasteiger partial charge in [0.1, 0.15) is 11.4 Å². The van der Waals surface area contributed by atoms with Crippen LogP contribution >= 0.6 is 0 Å². The minimum Gasteiger partial charge on any atom is -0.492 e. The first-order chi connectivity index (χ1) is 9.70. The molecule has 1 aromatic carbocycles. The Morgan fingerprint density at radius 1 is 1.25 bits per heavy atom. The van der Waals surface area contributed by atoms with Crippen molar-refractivity contribution < 1.29 is 14.5 Å². The van der Waals surface area contributed by atoms with Crippen molar-refractivity contribution in [2.24, 2.45) is 0 Å². The van der Waals surface area contributed by atoms with Crippen LogP contribution in [0.2, 0.25) is 0 Å². The highest BCUT2D eigenvalue weighted by molar-refractivity contribution is 5.71. The maximum absolute atomic E-state index is 10.8. The number of hydrogen-bond acceptors (Lipinski definition) is 5. The Kier molecular flexibility index (Phi) is 4.39. The maximum atomic E-state index is 10.8. The average molecular weight is 272 g/mol. The normalized spacial score (nSPS) is 10.0. The van der Waals surface area contributed by atoms with E-state index in [-0.39, 0.29) is 5.69 Å². The summed E-state index contributed by atoms with van der Waals surface area (Å²) in [5.74, 6) is 0.522. The van der Waals surface area contributed by atoms with Crippen LogP contribution in [-0.2, 0) is 6.42 Å². The van der Waals surface area contributed by atoms with Gasteiger partial charge in [-0.3, -0.25) is 14.9 Å². The van der Waals surface area contributed by atoms with Crippen molar-refractivity contribution in [1.29, 1.82) is 0 Å². The first kappa shape index (κ1) is 13.7. The van der Waals surface area contributed by atoms with E-state index in [9.17, 15) is 14.9 Å². The molecule has 2 rings (SSSR count). The fraction of sp³-hybridized carbons (Fsp3) is 0.143. The van der Waals surface area contributed by atoms with Gasteiger partial charge in [0.15, 0.2) is 6.29 Å². The molecule has 102 valence electrons. The van der Waals surface area contributed by atoms with Crippen molar-refractivity contribution in [3.63, 3.8) is 0 Å². The molecule has 0 bridgehead atoms. The van der Waals surface area contributed by atoms with Crippen molar-refractivity contribution in [2.45, 2.75) is 6.42 Å². The summed E-state index contributed by atoms with van der Waals surface area (Å²) in [6, 6.07) is 9.74. The molecule has 0 saturated heterocycles. The van der Waals surface area contributed by atoms with Crippen LogP contribution in [0.5, 0.6) is 5.75 Å². The molecule has 6 nitrogen and oxygen atoms in total. The molecule has 0 aliphatic rings. The van der Waals surface area contributed by atoms with Gasteiger partial charge < -0.3 is 4.74 Å². The third kappa shape index (κ3) is 3.38. The van der Waals surface area contributed by atoms with Gasteiger partial charge >= 0.3 is 0 Å². The van der Waals surface area contributed by atoms with E-state index in [2.05, 4.69) is 4.98 Å². The molecule has 0 amide bonds. The smallest absolute Gasteiger partial charge is 0.272 e. The highest BCUT2D eigenvalue weighted by atomic mass is 16.6. The second-order valence-electron chi connectivity index (χ2n) is 4.02. The highest BCUT2D eigenvalue weighted by Gasteiger charge is 2.11. The van der Waals surface area contributed by atoms with Gasteiger partial charge in [-0.2, -0.15) is 0 Å². The number of nitro benzene ring substituents is 1. The summed E-state index contributed by atoms with van der Waals surface area (Å²) in [5.41, 5.74) is 1.04. The molecular formula is C14H12N2O4. The second kappa shape index (κ2) is 6.42. The number of benzene rings is 1. The van der Waals surface area contributed by atoms with Crippen LogP contribution in [0.15, 0.2) is 42.6 Å². The van der Waals surface area contributed by atoms with Gasteiger partial charge in [-0.05, 0) is 12.1 Å². The number of aromatic nitrogens is 1. The maximum Gasteiger partial charge on any atom is 0.272 e. The molecule has 0 N–H and O–H groups in total. The van der Waals surface area contributed by atoms with E-state index in [0.717, 1.165) is 0 Å². The van der Waals surface area contributed by atoms with Crippen LogP contribution in [0.25, 0.3) is 0 Å². The number of aldehydes is 1. The Labute approximate surface area is 115 Å². The molecular weight excluding hydrogens is 260 g/mol. The van der Waals surface area contributed by atoms with Crippen molar-refractivity contribution in [3.8, 4) is 5.75 Å². The molecule has 6 heteroatoms. The molecule has 20 heavy (non-hydrogen) atoms. The molecule has 0 fully saturated rings. The third-order valence-electron chi connectivity index (χ3n) is 2.71. The Hall–Kier alpha value is -2.76. The fourth-order valence-corrected chi connectivity index (χ4v) is 1.73. The highest BCUT2D eigenvalue weighted by Crippen LogP contribution is 2.18. The SMILES string of the molecule is O=Cc1ccc(OCCc2ccccc2[N+](=O)[O-])cn1. The number of carbonyl (C=O) groups is 1. The molecule has 0 saturated carbocycles. The molecule has 0 radical (unpaired) electrons. The van der Waals surface area contributed by atoms with Crippen molar-refractivity contribution in [3.05, 3.63) is 64.0 Å². The lowest BCUT2D eigenvalue weighted by Gasteiger charge is -2.06. The van der Waals surface area contributed by atoms with E-state index < -0.39 is 4.92 Å². The van der Waals surface area contributed by atoms with Crippen molar-refractivity contribution in [1.82, 2.24) is 4.98 Å². The van der Waals surface area contributed by atoms with E-state index in [4.69, 9.17) is 4.74 Å². The number of hydrogen-bond donors (Lipinski definition) is 0. The standard InChI is InChI=1S/C14H12N2O4/c17-10-12-5-6-13(9-15-12)20-8-7-11-3-1-2-4-14(11)16(18)19/h1-6,9-10H,7-8H2. The van der Waals surface area contributed by atoms with Gasteiger partial charge in [-0.15, -0.1) is 0 Å². The summed E-state index contributed by atoms with van der Waals surface area (Å²) in [7, 11) is 0. The predicted molar refractivity (Wildman–Crippen MR) is 71.9 cm³/mol. The summed E-state index contributed by atoms with van der Waals surface area (Å²) in [6.45, 7) is 0.299. The van der Waals surface area contributed by atoms with Crippen LogP contribution in [0.4, 0.5) is 5.69 Å². The molecule has 0 aliphatic heterocycles. The topological polar surface area (TPSA) is 82.3 Å². The number of carbonyl (C=O) groups excluding carboxylic acids is 1. The van der Waals surface area contributed by atoms with Gasteiger partial charge in [0.05, 0.1) is 17.7 Å². The Morgan fingerprint density at radius 3 is 2.70 bits per heavy atom. The van der Waals surface area contributed by atoms with E-state index in [1.165, 1.54) is 12.3 Å². The van der Waals surface area contributed by atoms with Gasteiger partial charge in [0, 0.05) is 18.1 Å².